The molecule has 5 heteroatoms. The fraction of sp³-hybridized carbons (Fsp3) is 0.286. The van der Waals surface area contributed by atoms with Gasteiger partial charge in [-0.15, -0.1) is 0 Å². The normalized spacial score (nSPS) is 17.5. The lowest BCUT2D eigenvalue weighted by atomic mass is 10.1. The molecular weight excluding hydrogens is 324 g/mol. The lowest BCUT2D eigenvalue weighted by molar-refractivity contribution is 0.217. The topological polar surface area (TPSA) is 51.0 Å². The van der Waals surface area contributed by atoms with Crippen LogP contribution in [0, 0.1) is 0 Å². The van der Waals surface area contributed by atoms with Crippen LogP contribution in [0.1, 0.15) is 18.4 Å². The Bertz CT molecular complexity index is 908. The zero-order valence-electron chi connectivity index (χ0n) is 14.7. The van der Waals surface area contributed by atoms with Gasteiger partial charge in [0.25, 0.3) is 5.56 Å². The number of rotatable bonds is 5. The van der Waals surface area contributed by atoms with Crippen LogP contribution in [0.2, 0.25) is 0 Å². The second-order valence-electron chi connectivity index (χ2n) is 6.73. The van der Waals surface area contributed by atoms with E-state index < -0.39 is 0 Å². The molecule has 1 aliphatic heterocycles. The highest BCUT2D eigenvalue weighted by Crippen LogP contribution is 2.21. The molecule has 1 aromatic carbocycles. The van der Waals surface area contributed by atoms with Gasteiger partial charge in [-0.25, -0.2) is 4.68 Å². The molecule has 0 spiro atoms. The second-order valence-corrected chi connectivity index (χ2v) is 6.73. The predicted molar refractivity (Wildman–Crippen MR) is 102 cm³/mol. The van der Waals surface area contributed by atoms with E-state index in [2.05, 4.69) is 39.2 Å². The zero-order chi connectivity index (χ0) is 17.8. The van der Waals surface area contributed by atoms with Gasteiger partial charge in [-0.3, -0.25) is 14.7 Å². The molecule has 1 fully saturated rings. The summed E-state index contributed by atoms with van der Waals surface area (Å²) in [6.07, 6.45) is 5.74. The first-order valence-electron chi connectivity index (χ1n) is 9.06. The van der Waals surface area contributed by atoms with Crippen LogP contribution in [0.4, 0.5) is 0 Å². The average Bonchev–Trinajstić information content (AvgIpc) is 3.12. The molecule has 132 valence electrons. The summed E-state index contributed by atoms with van der Waals surface area (Å²) in [4.78, 5) is 18.8. The van der Waals surface area contributed by atoms with Gasteiger partial charge in [0.05, 0.1) is 12.2 Å². The van der Waals surface area contributed by atoms with E-state index in [0.717, 1.165) is 37.2 Å². The molecule has 1 aliphatic rings. The monoisotopic (exact) mass is 346 g/mol. The third-order valence-corrected chi connectivity index (χ3v) is 4.95. The lowest BCUT2D eigenvalue weighted by Gasteiger charge is -2.24. The fourth-order valence-corrected chi connectivity index (χ4v) is 3.58. The summed E-state index contributed by atoms with van der Waals surface area (Å²) in [5.41, 5.74) is 3.04. The highest BCUT2D eigenvalue weighted by molar-refractivity contribution is 5.56. The van der Waals surface area contributed by atoms with Gasteiger partial charge in [-0.2, -0.15) is 5.10 Å². The van der Waals surface area contributed by atoms with Crippen LogP contribution in [-0.4, -0.2) is 32.3 Å². The summed E-state index contributed by atoms with van der Waals surface area (Å²) in [6.45, 7) is 2.62. The molecule has 3 aromatic rings. The van der Waals surface area contributed by atoms with Crippen LogP contribution in [0.15, 0.2) is 71.8 Å². The smallest absolute Gasteiger partial charge is 0.266 e. The molecule has 5 nitrogen and oxygen atoms in total. The first-order valence-corrected chi connectivity index (χ1v) is 9.06. The molecule has 0 radical (unpaired) electrons. The van der Waals surface area contributed by atoms with Gasteiger partial charge < -0.3 is 0 Å². The van der Waals surface area contributed by atoms with Gasteiger partial charge in [0.15, 0.2) is 0 Å². The minimum atomic E-state index is -0.0469. The lowest BCUT2D eigenvalue weighted by Crippen LogP contribution is -2.36. The summed E-state index contributed by atoms with van der Waals surface area (Å²) in [6, 6.07) is 18.1. The van der Waals surface area contributed by atoms with E-state index in [1.165, 1.54) is 5.56 Å². The molecule has 1 saturated heterocycles. The number of nitrogens with zero attached hydrogens (tertiary/aromatic N) is 4. The third-order valence-electron chi connectivity index (χ3n) is 4.95. The minimum absolute atomic E-state index is 0.0469. The van der Waals surface area contributed by atoms with E-state index in [0.29, 0.717) is 12.6 Å². The highest BCUT2D eigenvalue weighted by atomic mass is 16.1. The summed E-state index contributed by atoms with van der Waals surface area (Å²) in [5, 5.41) is 4.60. The largest absolute Gasteiger partial charge is 0.294 e. The first kappa shape index (κ1) is 16.7. The van der Waals surface area contributed by atoms with Crippen molar-refractivity contribution in [1.29, 1.82) is 0 Å². The van der Waals surface area contributed by atoms with Crippen LogP contribution in [0.3, 0.4) is 0 Å². The van der Waals surface area contributed by atoms with E-state index in [-0.39, 0.29) is 5.56 Å². The van der Waals surface area contributed by atoms with E-state index in [1.54, 1.807) is 29.2 Å². The van der Waals surface area contributed by atoms with Crippen molar-refractivity contribution in [3.8, 4) is 11.3 Å². The van der Waals surface area contributed by atoms with Gasteiger partial charge in [-0.1, -0.05) is 30.3 Å². The summed E-state index contributed by atoms with van der Waals surface area (Å²) in [7, 11) is 0. The van der Waals surface area contributed by atoms with Crippen molar-refractivity contribution in [2.24, 2.45) is 0 Å². The molecule has 0 N–H and O–H groups in total. The number of hydrogen-bond acceptors (Lipinski definition) is 4. The van der Waals surface area contributed by atoms with Crippen LogP contribution >= 0.6 is 0 Å². The maximum atomic E-state index is 12.3. The molecule has 4 rings (SSSR count). The van der Waals surface area contributed by atoms with Gasteiger partial charge in [-0.05, 0) is 43.1 Å². The van der Waals surface area contributed by atoms with Crippen molar-refractivity contribution in [3.05, 3.63) is 82.9 Å². The van der Waals surface area contributed by atoms with Gasteiger partial charge in [0.2, 0.25) is 0 Å². The maximum Gasteiger partial charge on any atom is 0.266 e. The standard InChI is InChI=1S/C21H22N4O/c26-21-9-8-20(18-10-12-22-13-11-18)23-25(21)16-19-7-4-14-24(19)15-17-5-2-1-3-6-17/h1-3,5-6,8-13,19H,4,7,14-16H2. The van der Waals surface area contributed by atoms with Crippen LogP contribution in [0.5, 0.6) is 0 Å². The van der Waals surface area contributed by atoms with Crippen molar-refractivity contribution in [1.82, 2.24) is 19.7 Å². The molecular formula is C21H22N4O. The van der Waals surface area contributed by atoms with Crippen LogP contribution in [0.25, 0.3) is 11.3 Å². The number of hydrogen-bond donors (Lipinski definition) is 0. The van der Waals surface area contributed by atoms with Crippen molar-refractivity contribution in [2.45, 2.75) is 32.0 Å². The Morgan fingerprint density at radius 2 is 1.81 bits per heavy atom. The maximum absolute atomic E-state index is 12.3. The Hall–Kier alpha value is -2.79. The molecule has 2 aromatic heterocycles. The third kappa shape index (κ3) is 3.73. The van der Waals surface area contributed by atoms with Crippen LogP contribution in [-0.2, 0) is 13.1 Å². The van der Waals surface area contributed by atoms with Gasteiger partial charge in [0.1, 0.15) is 0 Å². The molecule has 0 saturated carbocycles. The van der Waals surface area contributed by atoms with Crippen molar-refractivity contribution >= 4 is 0 Å². The number of likely N-dealkylation sites (tertiary alicyclic amines) is 1. The van der Waals surface area contributed by atoms with E-state index >= 15 is 0 Å². The quantitative estimate of drug-likeness (QED) is 0.713. The van der Waals surface area contributed by atoms with Gasteiger partial charge >= 0.3 is 0 Å². The Morgan fingerprint density at radius 3 is 2.62 bits per heavy atom. The molecule has 1 unspecified atom stereocenters. The van der Waals surface area contributed by atoms with Crippen molar-refractivity contribution in [3.63, 3.8) is 0 Å². The van der Waals surface area contributed by atoms with Crippen LogP contribution < -0.4 is 5.56 Å². The van der Waals surface area contributed by atoms with E-state index in [4.69, 9.17) is 0 Å². The first-order chi connectivity index (χ1) is 12.8. The number of pyridine rings is 1. The Morgan fingerprint density at radius 1 is 1.00 bits per heavy atom. The summed E-state index contributed by atoms with van der Waals surface area (Å²) in [5.74, 6) is 0. The fourth-order valence-electron chi connectivity index (χ4n) is 3.58. The molecule has 0 aliphatic carbocycles. The van der Waals surface area contributed by atoms with Crippen molar-refractivity contribution < 1.29 is 0 Å². The second kappa shape index (κ2) is 7.62. The zero-order valence-corrected chi connectivity index (χ0v) is 14.7. The van der Waals surface area contributed by atoms with E-state index in [1.807, 2.05) is 18.2 Å². The average molecular weight is 346 g/mol. The van der Waals surface area contributed by atoms with Gasteiger partial charge in [0, 0.05) is 36.6 Å². The molecule has 3 heterocycles. The highest BCUT2D eigenvalue weighted by Gasteiger charge is 2.25. The summed E-state index contributed by atoms with van der Waals surface area (Å²) >= 11 is 0. The van der Waals surface area contributed by atoms with Crippen molar-refractivity contribution in [2.75, 3.05) is 6.54 Å². The predicted octanol–water partition coefficient (Wildman–Crippen LogP) is 2.97. The molecule has 0 amide bonds. The molecule has 26 heavy (non-hydrogen) atoms. The Balaban J connectivity index is 1.53. The number of aromatic nitrogens is 3. The Labute approximate surface area is 152 Å². The summed E-state index contributed by atoms with van der Waals surface area (Å²) < 4.78 is 1.61. The minimum Gasteiger partial charge on any atom is -0.294 e. The number of benzene rings is 1. The SMILES string of the molecule is O=c1ccc(-c2ccncc2)nn1CC1CCCN1Cc1ccccc1. The molecule has 0 bridgehead atoms. The molecule has 1 atom stereocenters. The Kier molecular flexibility index (Phi) is 4.88. The van der Waals surface area contributed by atoms with E-state index in [9.17, 15) is 4.79 Å².